The van der Waals surface area contributed by atoms with Gasteiger partial charge in [0.15, 0.2) is 0 Å². The molecule has 8 heteroatoms. The number of carboxylic acids is 2. The number of carboxylic acid groups (broad SMARTS) is 2. The van der Waals surface area contributed by atoms with Crippen LogP contribution in [0.1, 0.15) is 24.0 Å². The molecule has 1 atom stereocenters. The number of nitrogens with zero attached hydrogens (tertiary/aromatic N) is 1. The molecule has 1 fully saturated rings. The van der Waals surface area contributed by atoms with Crippen LogP contribution in [0.3, 0.4) is 0 Å². The van der Waals surface area contributed by atoms with Crippen LogP contribution in [-0.4, -0.2) is 43.3 Å². The molecular weight excluding hydrogens is 350 g/mol. The standard InChI is InChI=1S/C16H15NO5S2/c1-9-3-2-4-10(7-9)8-12-14(20)17(16(23)24-12)11(15(21)22)5-6-13(18)19/h2-4,7-8,11H,5-6H2,1H3,(H,18,19)(H,21,22)/b12-8+. The Labute approximate surface area is 148 Å². The molecule has 2 rings (SSSR count). The number of rotatable bonds is 6. The lowest BCUT2D eigenvalue weighted by Gasteiger charge is -2.22. The first-order valence-electron chi connectivity index (χ1n) is 7.08. The first-order chi connectivity index (χ1) is 11.3. The molecule has 1 saturated heterocycles. The summed E-state index contributed by atoms with van der Waals surface area (Å²) in [4.78, 5) is 36.0. The number of amides is 1. The summed E-state index contributed by atoms with van der Waals surface area (Å²) < 4.78 is 0.122. The predicted molar refractivity (Wildman–Crippen MR) is 94.5 cm³/mol. The van der Waals surface area contributed by atoms with Gasteiger partial charge in [-0.25, -0.2) is 4.79 Å². The van der Waals surface area contributed by atoms with Crippen molar-refractivity contribution in [3.63, 3.8) is 0 Å². The number of hydrogen-bond donors (Lipinski definition) is 2. The first kappa shape index (κ1) is 18.2. The number of hydrogen-bond acceptors (Lipinski definition) is 5. The maximum atomic E-state index is 12.5. The van der Waals surface area contributed by atoms with Crippen molar-refractivity contribution in [1.29, 1.82) is 0 Å². The molecule has 1 aliphatic heterocycles. The minimum atomic E-state index is -1.28. The van der Waals surface area contributed by atoms with Gasteiger partial charge in [-0.1, -0.05) is 53.8 Å². The topological polar surface area (TPSA) is 94.9 Å². The van der Waals surface area contributed by atoms with Crippen LogP contribution in [0.15, 0.2) is 29.2 Å². The molecule has 0 bridgehead atoms. The average Bonchev–Trinajstić information content (AvgIpc) is 2.74. The highest BCUT2D eigenvalue weighted by Gasteiger charge is 2.40. The number of benzene rings is 1. The van der Waals surface area contributed by atoms with E-state index in [9.17, 15) is 19.5 Å². The second-order valence-electron chi connectivity index (χ2n) is 5.25. The summed E-state index contributed by atoms with van der Waals surface area (Å²) in [6.07, 6.45) is 1.10. The van der Waals surface area contributed by atoms with Gasteiger partial charge in [0, 0.05) is 6.42 Å². The van der Waals surface area contributed by atoms with Crippen molar-refractivity contribution in [3.8, 4) is 0 Å². The number of thioether (sulfide) groups is 1. The number of aliphatic carboxylic acids is 2. The lowest BCUT2D eigenvalue weighted by Crippen LogP contribution is -2.44. The minimum Gasteiger partial charge on any atom is -0.481 e. The molecule has 6 nitrogen and oxygen atoms in total. The Balaban J connectivity index is 2.26. The van der Waals surface area contributed by atoms with E-state index in [0.29, 0.717) is 4.91 Å². The third-order valence-corrected chi connectivity index (χ3v) is 4.72. The highest BCUT2D eigenvalue weighted by atomic mass is 32.2. The molecule has 1 aromatic rings. The lowest BCUT2D eigenvalue weighted by molar-refractivity contribution is -0.146. The molecule has 2 N–H and O–H groups in total. The normalized spacial score (nSPS) is 17.4. The number of carbonyl (C=O) groups is 3. The molecule has 1 amide bonds. The van der Waals surface area contributed by atoms with Crippen LogP contribution in [0, 0.1) is 6.92 Å². The third kappa shape index (κ3) is 4.21. The maximum Gasteiger partial charge on any atom is 0.326 e. The zero-order valence-electron chi connectivity index (χ0n) is 12.8. The minimum absolute atomic E-state index is 0.122. The van der Waals surface area contributed by atoms with Crippen molar-refractivity contribution in [2.75, 3.05) is 0 Å². The Hall–Kier alpha value is -2.19. The van der Waals surface area contributed by atoms with Crippen LogP contribution in [0.2, 0.25) is 0 Å². The molecule has 1 heterocycles. The summed E-state index contributed by atoms with van der Waals surface area (Å²) in [6, 6.07) is 6.23. The average molecular weight is 365 g/mol. The van der Waals surface area contributed by atoms with Crippen molar-refractivity contribution in [1.82, 2.24) is 4.90 Å². The molecule has 0 saturated carbocycles. The van der Waals surface area contributed by atoms with E-state index < -0.39 is 23.9 Å². The van der Waals surface area contributed by atoms with E-state index in [4.69, 9.17) is 17.3 Å². The summed E-state index contributed by atoms with van der Waals surface area (Å²) in [5, 5.41) is 18.1. The van der Waals surface area contributed by atoms with E-state index in [1.807, 2.05) is 31.2 Å². The number of aryl methyl sites for hydroxylation is 1. The SMILES string of the molecule is Cc1cccc(/C=C2/SC(=S)N(C(CCC(=O)O)C(=O)O)C2=O)c1. The molecule has 24 heavy (non-hydrogen) atoms. The Morgan fingerprint density at radius 2 is 2.08 bits per heavy atom. The molecule has 1 unspecified atom stereocenters. The van der Waals surface area contributed by atoms with Crippen LogP contribution >= 0.6 is 24.0 Å². The van der Waals surface area contributed by atoms with Crippen LogP contribution in [0.25, 0.3) is 6.08 Å². The van der Waals surface area contributed by atoms with Crippen molar-refractivity contribution < 1.29 is 24.6 Å². The molecule has 1 aromatic carbocycles. The van der Waals surface area contributed by atoms with Gasteiger partial charge >= 0.3 is 11.9 Å². The fourth-order valence-corrected chi connectivity index (χ4v) is 3.64. The van der Waals surface area contributed by atoms with E-state index >= 15 is 0 Å². The third-order valence-electron chi connectivity index (χ3n) is 3.39. The summed E-state index contributed by atoms with van der Waals surface area (Å²) >= 11 is 6.15. The largest absolute Gasteiger partial charge is 0.481 e. The summed E-state index contributed by atoms with van der Waals surface area (Å²) in [6.45, 7) is 1.93. The predicted octanol–water partition coefficient (Wildman–Crippen LogP) is 2.51. The highest BCUT2D eigenvalue weighted by molar-refractivity contribution is 8.26. The molecule has 0 radical (unpaired) electrons. The smallest absolute Gasteiger partial charge is 0.326 e. The molecule has 0 spiro atoms. The van der Waals surface area contributed by atoms with E-state index in [0.717, 1.165) is 27.8 Å². The van der Waals surface area contributed by atoms with Crippen LogP contribution in [0.5, 0.6) is 0 Å². The lowest BCUT2D eigenvalue weighted by atomic mass is 10.1. The zero-order chi connectivity index (χ0) is 17.9. The van der Waals surface area contributed by atoms with E-state index in [1.165, 1.54) is 0 Å². The summed E-state index contributed by atoms with van der Waals surface area (Å²) in [5.41, 5.74) is 1.84. The van der Waals surface area contributed by atoms with Crippen molar-refractivity contribution in [2.45, 2.75) is 25.8 Å². The fourth-order valence-electron chi connectivity index (χ4n) is 2.28. The van der Waals surface area contributed by atoms with Gasteiger partial charge in [0.05, 0.1) is 4.91 Å². The second kappa shape index (κ2) is 7.59. The highest BCUT2D eigenvalue weighted by Crippen LogP contribution is 2.35. The molecule has 1 aliphatic rings. The summed E-state index contributed by atoms with van der Waals surface area (Å²) in [5.74, 6) is -2.91. The van der Waals surface area contributed by atoms with Gasteiger partial charge in [0.2, 0.25) is 0 Å². The van der Waals surface area contributed by atoms with Crippen LogP contribution in [-0.2, 0) is 14.4 Å². The van der Waals surface area contributed by atoms with Crippen LogP contribution in [0.4, 0.5) is 0 Å². The molecule has 0 aliphatic carbocycles. The first-order valence-corrected chi connectivity index (χ1v) is 8.30. The van der Waals surface area contributed by atoms with Crippen molar-refractivity contribution in [3.05, 3.63) is 40.3 Å². The number of carbonyl (C=O) groups excluding carboxylic acids is 1. The van der Waals surface area contributed by atoms with Crippen molar-refractivity contribution in [2.24, 2.45) is 0 Å². The van der Waals surface area contributed by atoms with Gasteiger partial charge in [0.25, 0.3) is 5.91 Å². The fraction of sp³-hybridized carbons (Fsp3) is 0.250. The second-order valence-corrected chi connectivity index (χ2v) is 6.93. The molecule has 126 valence electrons. The monoisotopic (exact) mass is 365 g/mol. The van der Waals surface area contributed by atoms with Gasteiger partial charge in [-0.2, -0.15) is 0 Å². The summed E-state index contributed by atoms with van der Waals surface area (Å²) in [7, 11) is 0. The Bertz CT molecular complexity index is 744. The Kier molecular flexibility index (Phi) is 5.74. The zero-order valence-corrected chi connectivity index (χ0v) is 14.4. The van der Waals surface area contributed by atoms with Crippen LogP contribution < -0.4 is 0 Å². The quantitative estimate of drug-likeness (QED) is 0.591. The van der Waals surface area contributed by atoms with Gasteiger partial charge in [0.1, 0.15) is 10.4 Å². The maximum absolute atomic E-state index is 12.5. The van der Waals surface area contributed by atoms with Crippen molar-refractivity contribution >= 4 is 52.2 Å². The number of thiocarbonyl (C=S) groups is 1. The van der Waals surface area contributed by atoms with Gasteiger partial charge < -0.3 is 10.2 Å². The Morgan fingerprint density at radius 3 is 2.67 bits per heavy atom. The van der Waals surface area contributed by atoms with Gasteiger partial charge in [-0.3, -0.25) is 14.5 Å². The molecule has 0 aromatic heterocycles. The van der Waals surface area contributed by atoms with Gasteiger partial charge in [-0.15, -0.1) is 0 Å². The Morgan fingerprint density at radius 1 is 1.38 bits per heavy atom. The van der Waals surface area contributed by atoms with E-state index in [1.54, 1.807) is 6.08 Å². The molecular formula is C16H15NO5S2. The van der Waals surface area contributed by atoms with E-state index in [2.05, 4.69) is 0 Å². The van der Waals surface area contributed by atoms with E-state index in [-0.39, 0.29) is 17.2 Å². The van der Waals surface area contributed by atoms with Gasteiger partial charge in [-0.05, 0) is 25.0 Å².